The van der Waals surface area contributed by atoms with Gasteiger partial charge in [0.2, 0.25) is 5.76 Å². The predicted molar refractivity (Wildman–Crippen MR) is 80.1 cm³/mol. The molecule has 1 saturated carbocycles. The standard InChI is InChI=1S/C17H22O4/c1-12-8-9-14(13-6-4-5-7-13)10-15(12)21-16(11-19-2)17(18)20-3/h8-11,13H,4-7H2,1-3H3/b16-11+. The van der Waals surface area contributed by atoms with Crippen LogP contribution in [0.4, 0.5) is 0 Å². The Morgan fingerprint density at radius 3 is 2.57 bits per heavy atom. The van der Waals surface area contributed by atoms with Crippen LogP contribution in [-0.2, 0) is 14.3 Å². The van der Waals surface area contributed by atoms with Crippen LogP contribution in [0.25, 0.3) is 0 Å². The fourth-order valence-corrected chi connectivity index (χ4v) is 2.68. The molecule has 1 aromatic carbocycles. The Bertz CT molecular complexity index is 528. The number of aryl methyl sites for hydroxylation is 1. The van der Waals surface area contributed by atoms with Crippen molar-refractivity contribution < 1.29 is 19.0 Å². The second-order valence-electron chi connectivity index (χ2n) is 5.32. The Morgan fingerprint density at radius 2 is 1.95 bits per heavy atom. The van der Waals surface area contributed by atoms with Crippen LogP contribution in [0.15, 0.2) is 30.2 Å². The molecule has 0 aromatic heterocycles. The molecule has 1 fully saturated rings. The van der Waals surface area contributed by atoms with E-state index in [1.54, 1.807) is 0 Å². The van der Waals surface area contributed by atoms with E-state index in [1.165, 1.54) is 51.7 Å². The van der Waals surface area contributed by atoms with E-state index in [4.69, 9.17) is 14.2 Å². The zero-order chi connectivity index (χ0) is 15.2. The Balaban J connectivity index is 2.23. The van der Waals surface area contributed by atoms with Crippen molar-refractivity contribution in [1.82, 2.24) is 0 Å². The quantitative estimate of drug-likeness (QED) is 0.471. The van der Waals surface area contributed by atoms with Crippen LogP contribution in [0.1, 0.15) is 42.7 Å². The number of hydrogen-bond acceptors (Lipinski definition) is 4. The van der Waals surface area contributed by atoms with E-state index in [9.17, 15) is 4.79 Å². The average Bonchev–Trinajstić information content (AvgIpc) is 3.02. The summed E-state index contributed by atoms with van der Waals surface area (Å²) in [6.07, 6.45) is 6.27. The lowest BCUT2D eigenvalue weighted by Crippen LogP contribution is -2.12. The van der Waals surface area contributed by atoms with Gasteiger partial charge in [-0.1, -0.05) is 25.0 Å². The number of esters is 1. The van der Waals surface area contributed by atoms with Gasteiger partial charge in [0.1, 0.15) is 12.0 Å². The predicted octanol–water partition coefficient (Wildman–Crippen LogP) is 3.69. The SMILES string of the molecule is CO/C=C(/Oc1cc(C2CCCC2)ccc1C)C(=O)OC. The number of hydrogen-bond donors (Lipinski definition) is 0. The zero-order valence-corrected chi connectivity index (χ0v) is 12.8. The lowest BCUT2D eigenvalue weighted by Gasteiger charge is -2.15. The first kappa shape index (κ1) is 15.4. The van der Waals surface area contributed by atoms with Gasteiger partial charge in [-0.2, -0.15) is 0 Å². The summed E-state index contributed by atoms with van der Waals surface area (Å²) in [4.78, 5) is 11.7. The van der Waals surface area contributed by atoms with Gasteiger partial charge >= 0.3 is 5.97 Å². The van der Waals surface area contributed by atoms with Gasteiger partial charge in [0, 0.05) is 0 Å². The van der Waals surface area contributed by atoms with Crippen molar-refractivity contribution in [1.29, 1.82) is 0 Å². The minimum absolute atomic E-state index is 0.0478. The second-order valence-corrected chi connectivity index (χ2v) is 5.32. The maximum Gasteiger partial charge on any atom is 0.377 e. The summed E-state index contributed by atoms with van der Waals surface area (Å²) in [5.74, 6) is 0.767. The van der Waals surface area contributed by atoms with Crippen LogP contribution in [0.5, 0.6) is 5.75 Å². The summed E-state index contributed by atoms with van der Waals surface area (Å²) in [5, 5.41) is 0. The fourth-order valence-electron chi connectivity index (χ4n) is 2.68. The van der Waals surface area contributed by atoms with Gasteiger partial charge < -0.3 is 14.2 Å². The van der Waals surface area contributed by atoms with E-state index in [0.29, 0.717) is 11.7 Å². The summed E-state index contributed by atoms with van der Waals surface area (Å²) in [7, 11) is 2.78. The van der Waals surface area contributed by atoms with Crippen LogP contribution in [0.2, 0.25) is 0 Å². The number of methoxy groups -OCH3 is 2. The van der Waals surface area contributed by atoms with E-state index < -0.39 is 5.97 Å². The molecule has 1 aliphatic rings. The smallest absolute Gasteiger partial charge is 0.377 e. The van der Waals surface area contributed by atoms with Crippen LogP contribution in [0, 0.1) is 6.92 Å². The molecule has 114 valence electrons. The fraction of sp³-hybridized carbons (Fsp3) is 0.471. The molecule has 21 heavy (non-hydrogen) atoms. The summed E-state index contributed by atoms with van der Waals surface area (Å²) >= 11 is 0. The lowest BCUT2D eigenvalue weighted by atomic mass is 9.96. The highest BCUT2D eigenvalue weighted by atomic mass is 16.6. The molecule has 0 amide bonds. The Morgan fingerprint density at radius 1 is 1.24 bits per heavy atom. The molecule has 0 aliphatic heterocycles. The molecule has 1 aliphatic carbocycles. The number of ether oxygens (including phenoxy) is 3. The molecule has 0 unspecified atom stereocenters. The van der Waals surface area contributed by atoms with Crippen LogP contribution >= 0.6 is 0 Å². The maximum atomic E-state index is 11.7. The average molecular weight is 290 g/mol. The van der Waals surface area contributed by atoms with Gasteiger partial charge in [-0.3, -0.25) is 0 Å². The Labute approximate surface area is 125 Å². The molecule has 0 atom stereocenters. The highest BCUT2D eigenvalue weighted by Gasteiger charge is 2.19. The molecule has 0 heterocycles. The van der Waals surface area contributed by atoms with Crippen molar-refractivity contribution in [2.75, 3.05) is 14.2 Å². The molecular formula is C17H22O4. The topological polar surface area (TPSA) is 44.8 Å². The van der Waals surface area contributed by atoms with Crippen molar-refractivity contribution in [3.63, 3.8) is 0 Å². The number of rotatable bonds is 5. The first-order valence-corrected chi connectivity index (χ1v) is 7.25. The highest BCUT2D eigenvalue weighted by Crippen LogP contribution is 2.36. The number of benzene rings is 1. The zero-order valence-electron chi connectivity index (χ0n) is 12.8. The van der Waals surface area contributed by atoms with Crippen LogP contribution < -0.4 is 4.74 Å². The van der Waals surface area contributed by atoms with E-state index in [1.807, 2.05) is 19.1 Å². The van der Waals surface area contributed by atoms with Crippen LogP contribution in [-0.4, -0.2) is 20.2 Å². The van der Waals surface area contributed by atoms with Gasteiger partial charge in [-0.15, -0.1) is 0 Å². The summed E-state index contributed by atoms with van der Waals surface area (Å²) in [5.41, 5.74) is 2.25. The normalized spacial score (nSPS) is 15.9. The molecule has 0 N–H and O–H groups in total. The summed E-state index contributed by atoms with van der Waals surface area (Å²) < 4.78 is 15.3. The van der Waals surface area contributed by atoms with Crippen molar-refractivity contribution >= 4 is 5.97 Å². The monoisotopic (exact) mass is 290 g/mol. The summed E-state index contributed by atoms with van der Waals surface area (Å²) in [6.45, 7) is 1.95. The molecule has 0 bridgehead atoms. The third-order valence-corrected chi connectivity index (χ3v) is 3.87. The highest BCUT2D eigenvalue weighted by molar-refractivity contribution is 5.86. The van der Waals surface area contributed by atoms with Gasteiger partial charge in [-0.25, -0.2) is 4.79 Å². The van der Waals surface area contributed by atoms with Crippen molar-refractivity contribution in [2.24, 2.45) is 0 Å². The number of carbonyl (C=O) groups is 1. The lowest BCUT2D eigenvalue weighted by molar-refractivity contribution is -0.138. The van der Waals surface area contributed by atoms with Crippen molar-refractivity contribution in [3.8, 4) is 5.75 Å². The van der Waals surface area contributed by atoms with E-state index >= 15 is 0 Å². The van der Waals surface area contributed by atoms with Crippen molar-refractivity contribution in [3.05, 3.63) is 41.3 Å². The molecule has 0 saturated heterocycles. The second kappa shape index (κ2) is 7.16. The minimum atomic E-state index is -0.553. The first-order chi connectivity index (χ1) is 10.2. The third-order valence-electron chi connectivity index (χ3n) is 3.87. The summed E-state index contributed by atoms with van der Waals surface area (Å²) in [6, 6.07) is 6.21. The van der Waals surface area contributed by atoms with Crippen LogP contribution in [0.3, 0.4) is 0 Å². The maximum absolute atomic E-state index is 11.7. The Hall–Kier alpha value is -1.97. The molecule has 0 spiro atoms. The first-order valence-electron chi connectivity index (χ1n) is 7.25. The molecule has 4 nitrogen and oxygen atoms in total. The molecule has 2 rings (SSSR count). The third kappa shape index (κ3) is 3.78. The molecule has 4 heteroatoms. The minimum Gasteiger partial charge on any atom is -0.500 e. The van der Waals surface area contributed by atoms with Gasteiger partial charge in [0.05, 0.1) is 14.2 Å². The van der Waals surface area contributed by atoms with Crippen molar-refractivity contribution in [2.45, 2.75) is 38.5 Å². The van der Waals surface area contributed by atoms with Gasteiger partial charge in [0.25, 0.3) is 0 Å². The van der Waals surface area contributed by atoms with Gasteiger partial charge in [-0.05, 0) is 42.9 Å². The largest absolute Gasteiger partial charge is 0.500 e. The van der Waals surface area contributed by atoms with E-state index in [-0.39, 0.29) is 5.76 Å². The van der Waals surface area contributed by atoms with E-state index in [0.717, 1.165) is 5.56 Å². The van der Waals surface area contributed by atoms with Gasteiger partial charge in [0.15, 0.2) is 0 Å². The number of carbonyl (C=O) groups excluding carboxylic acids is 1. The molecule has 1 aromatic rings. The Kier molecular flexibility index (Phi) is 5.26. The van der Waals surface area contributed by atoms with E-state index in [2.05, 4.69) is 6.07 Å². The molecular weight excluding hydrogens is 268 g/mol. The molecule has 0 radical (unpaired) electrons.